The molecule has 1 aromatic heterocycles. The minimum atomic E-state index is -0.851. The van der Waals surface area contributed by atoms with Gasteiger partial charge in [-0.15, -0.1) is 0 Å². The Kier molecular flexibility index (Phi) is 7.00. The molecule has 2 aromatic carbocycles. The summed E-state index contributed by atoms with van der Waals surface area (Å²) in [5, 5.41) is 9.54. The molecule has 1 fully saturated rings. The highest BCUT2D eigenvalue weighted by atomic mass is 19.1. The highest BCUT2D eigenvalue weighted by molar-refractivity contribution is 5.91. The predicted octanol–water partition coefficient (Wildman–Crippen LogP) is 6.20. The Morgan fingerprint density at radius 1 is 1.22 bits per heavy atom. The number of rotatable bonds is 8. The molecule has 0 unspecified atom stereocenters. The van der Waals surface area contributed by atoms with Crippen LogP contribution in [0.1, 0.15) is 59.3 Å². The Morgan fingerprint density at radius 2 is 2.03 bits per heavy atom. The first-order valence-corrected chi connectivity index (χ1v) is 11.1. The van der Waals surface area contributed by atoms with Crippen LogP contribution in [0.2, 0.25) is 0 Å². The summed E-state index contributed by atoms with van der Waals surface area (Å²) in [6.45, 7) is 2.23. The van der Waals surface area contributed by atoms with Gasteiger partial charge >= 0.3 is 5.97 Å². The molecule has 1 saturated carbocycles. The van der Waals surface area contributed by atoms with Gasteiger partial charge in [-0.1, -0.05) is 31.0 Å². The van der Waals surface area contributed by atoms with Gasteiger partial charge in [0, 0.05) is 5.56 Å². The fraction of sp³-hybridized carbons (Fsp3) is 0.385. The number of carboxylic acid groups (broad SMARTS) is 1. The summed E-state index contributed by atoms with van der Waals surface area (Å²) in [7, 11) is 0. The molecule has 32 heavy (non-hydrogen) atoms. The van der Waals surface area contributed by atoms with E-state index >= 15 is 0 Å². The molecule has 0 spiro atoms. The van der Waals surface area contributed by atoms with Gasteiger partial charge in [0.25, 0.3) is 0 Å². The van der Waals surface area contributed by atoms with Crippen LogP contribution in [0.15, 0.2) is 53.1 Å². The number of benzene rings is 2. The number of carbonyl (C=O) groups is 1. The molecular formula is C26H28FNO4. The monoisotopic (exact) mass is 437 g/mol. The Balaban J connectivity index is 1.29. The van der Waals surface area contributed by atoms with E-state index in [2.05, 4.69) is 4.98 Å². The van der Waals surface area contributed by atoms with Crippen molar-refractivity contribution in [1.82, 2.24) is 4.98 Å². The van der Waals surface area contributed by atoms with Crippen molar-refractivity contribution in [2.45, 2.75) is 58.2 Å². The molecular weight excluding hydrogens is 409 g/mol. The lowest BCUT2D eigenvalue weighted by molar-refractivity contribution is -0.000266. The largest absolute Gasteiger partial charge is 0.478 e. The number of aryl methyl sites for hydroxylation is 2. The lowest BCUT2D eigenvalue weighted by Gasteiger charge is -2.29. The molecule has 1 aliphatic rings. The number of halogens is 1. The molecule has 0 saturated heterocycles. The van der Waals surface area contributed by atoms with Crippen LogP contribution < -0.4 is 0 Å². The third-order valence-corrected chi connectivity index (χ3v) is 6.24. The van der Waals surface area contributed by atoms with Gasteiger partial charge in [-0.05, 0) is 73.9 Å². The molecule has 4 rings (SSSR count). The quantitative estimate of drug-likeness (QED) is 0.454. The number of hydrogen-bond acceptors (Lipinski definition) is 4. The Labute approximate surface area is 187 Å². The number of aromatic carboxylic acids is 1. The minimum Gasteiger partial charge on any atom is -0.478 e. The van der Waals surface area contributed by atoms with E-state index in [9.17, 15) is 14.3 Å². The van der Waals surface area contributed by atoms with E-state index in [4.69, 9.17) is 9.15 Å². The van der Waals surface area contributed by atoms with Crippen molar-refractivity contribution >= 4 is 5.97 Å². The lowest BCUT2D eigenvalue weighted by Crippen LogP contribution is -2.23. The van der Waals surface area contributed by atoms with Gasteiger partial charge in [-0.25, -0.2) is 14.2 Å². The third-order valence-electron chi connectivity index (χ3n) is 6.24. The van der Waals surface area contributed by atoms with Crippen molar-refractivity contribution in [3.63, 3.8) is 0 Å². The molecule has 2 atom stereocenters. The van der Waals surface area contributed by atoms with Crippen molar-refractivity contribution in [3.8, 4) is 11.5 Å². The van der Waals surface area contributed by atoms with Crippen LogP contribution in [0.25, 0.3) is 11.5 Å². The first-order valence-electron chi connectivity index (χ1n) is 11.1. The Bertz CT molecular complexity index is 1060. The topological polar surface area (TPSA) is 72.6 Å². The molecule has 3 aromatic rings. The van der Waals surface area contributed by atoms with Crippen molar-refractivity contribution in [2.24, 2.45) is 5.92 Å². The lowest BCUT2D eigenvalue weighted by atomic mass is 9.83. The van der Waals surface area contributed by atoms with E-state index in [0.717, 1.165) is 60.9 Å². The van der Waals surface area contributed by atoms with Crippen LogP contribution >= 0.6 is 0 Å². The first kappa shape index (κ1) is 22.2. The van der Waals surface area contributed by atoms with E-state index < -0.39 is 5.97 Å². The molecule has 6 heteroatoms. The minimum absolute atomic E-state index is 0.163. The van der Waals surface area contributed by atoms with Crippen LogP contribution in [-0.2, 0) is 17.8 Å². The smallest absolute Gasteiger partial charge is 0.336 e. The maximum absolute atomic E-state index is 13.1. The van der Waals surface area contributed by atoms with Gasteiger partial charge in [0.05, 0.1) is 18.3 Å². The Morgan fingerprint density at radius 3 is 2.81 bits per heavy atom. The standard InChI is InChI=1S/C26H28FNO4/c1-17-4-2-6-19(24(17)26(29)30)9-8-18-5-3-7-23(14-18)31-15-22-16-32-25(28-22)20-10-12-21(27)13-11-20/h2,4,6,10-13,16,18,23H,3,5,7-9,14-15H2,1H3,(H,29,30)/t18-,23+/m0/s1. The number of aromatic nitrogens is 1. The fourth-order valence-corrected chi connectivity index (χ4v) is 4.56. The molecule has 1 aliphatic carbocycles. The zero-order chi connectivity index (χ0) is 22.5. The molecule has 5 nitrogen and oxygen atoms in total. The number of oxazole rings is 1. The van der Waals surface area contributed by atoms with Crippen molar-refractivity contribution in [2.75, 3.05) is 0 Å². The van der Waals surface area contributed by atoms with Crippen LogP contribution in [0, 0.1) is 18.7 Å². The van der Waals surface area contributed by atoms with Gasteiger partial charge < -0.3 is 14.3 Å². The SMILES string of the molecule is Cc1cccc(CC[C@@H]2CCC[C@@H](OCc3coc(-c4ccc(F)cc4)n3)C2)c1C(=O)O. The summed E-state index contributed by atoms with van der Waals surface area (Å²) in [6, 6.07) is 11.8. The maximum atomic E-state index is 13.1. The van der Waals surface area contributed by atoms with Gasteiger partial charge in [-0.3, -0.25) is 0 Å². The van der Waals surface area contributed by atoms with E-state index in [1.54, 1.807) is 18.4 Å². The zero-order valence-corrected chi connectivity index (χ0v) is 18.2. The van der Waals surface area contributed by atoms with Crippen LogP contribution in [0.4, 0.5) is 4.39 Å². The van der Waals surface area contributed by atoms with Gasteiger partial charge in [0.15, 0.2) is 0 Å². The van der Waals surface area contributed by atoms with Crippen LogP contribution in [0.5, 0.6) is 0 Å². The summed E-state index contributed by atoms with van der Waals surface area (Å²) in [5.74, 6) is -0.173. The molecule has 0 radical (unpaired) electrons. The van der Waals surface area contributed by atoms with E-state index in [1.807, 2.05) is 25.1 Å². The second-order valence-corrected chi connectivity index (χ2v) is 8.57. The average Bonchev–Trinajstić information content (AvgIpc) is 3.26. The average molecular weight is 438 g/mol. The van der Waals surface area contributed by atoms with E-state index in [0.29, 0.717) is 24.0 Å². The number of hydrogen-bond donors (Lipinski definition) is 1. The Hall–Kier alpha value is -2.99. The number of ether oxygens (including phenoxy) is 1. The predicted molar refractivity (Wildman–Crippen MR) is 119 cm³/mol. The van der Waals surface area contributed by atoms with Gasteiger partial charge in [0.2, 0.25) is 5.89 Å². The molecule has 168 valence electrons. The second-order valence-electron chi connectivity index (χ2n) is 8.57. The summed E-state index contributed by atoms with van der Waals surface area (Å²) in [4.78, 5) is 16.1. The normalized spacial score (nSPS) is 18.6. The summed E-state index contributed by atoms with van der Waals surface area (Å²) in [5.41, 5.74) is 3.62. The number of carboxylic acids is 1. The molecule has 1 heterocycles. The maximum Gasteiger partial charge on any atom is 0.336 e. The molecule has 0 aliphatic heterocycles. The van der Waals surface area contributed by atoms with Gasteiger partial charge in [-0.2, -0.15) is 0 Å². The highest BCUT2D eigenvalue weighted by Crippen LogP contribution is 2.31. The zero-order valence-electron chi connectivity index (χ0n) is 18.2. The third kappa shape index (κ3) is 5.43. The molecule has 0 amide bonds. The van der Waals surface area contributed by atoms with E-state index in [-0.39, 0.29) is 11.9 Å². The van der Waals surface area contributed by atoms with Crippen molar-refractivity contribution < 1.29 is 23.4 Å². The first-order chi connectivity index (χ1) is 15.5. The second kappa shape index (κ2) is 10.1. The summed E-state index contributed by atoms with van der Waals surface area (Å²) in [6.07, 6.45) is 7.72. The highest BCUT2D eigenvalue weighted by Gasteiger charge is 2.24. The van der Waals surface area contributed by atoms with Crippen molar-refractivity contribution in [1.29, 1.82) is 0 Å². The summed E-state index contributed by atoms with van der Waals surface area (Å²) >= 11 is 0. The molecule has 1 N–H and O–H groups in total. The number of nitrogens with zero attached hydrogens (tertiary/aromatic N) is 1. The van der Waals surface area contributed by atoms with Gasteiger partial charge in [0.1, 0.15) is 17.8 Å². The van der Waals surface area contributed by atoms with Crippen LogP contribution in [-0.4, -0.2) is 22.2 Å². The van der Waals surface area contributed by atoms with E-state index in [1.165, 1.54) is 12.1 Å². The summed E-state index contributed by atoms with van der Waals surface area (Å²) < 4.78 is 24.7. The van der Waals surface area contributed by atoms with Crippen molar-refractivity contribution in [3.05, 3.63) is 76.9 Å². The fourth-order valence-electron chi connectivity index (χ4n) is 4.56. The van der Waals surface area contributed by atoms with Crippen LogP contribution in [0.3, 0.4) is 0 Å². The molecule has 0 bridgehead atoms.